The third-order valence-corrected chi connectivity index (χ3v) is 2.50. The summed E-state index contributed by atoms with van der Waals surface area (Å²) in [6.45, 7) is 0. The van der Waals surface area contributed by atoms with Crippen LogP contribution in [0.2, 0.25) is 0 Å². The summed E-state index contributed by atoms with van der Waals surface area (Å²) in [5, 5.41) is 12.7. The predicted molar refractivity (Wildman–Crippen MR) is 78.6 cm³/mol. The van der Waals surface area contributed by atoms with Crippen LogP contribution in [0.1, 0.15) is 16.1 Å². The minimum atomic E-state index is -0.965. The van der Waals surface area contributed by atoms with Gasteiger partial charge in [-0.3, -0.25) is 5.43 Å². The first kappa shape index (κ1) is 13.8. The van der Waals surface area contributed by atoms with Gasteiger partial charge in [0.1, 0.15) is 11.5 Å². The van der Waals surface area contributed by atoms with Gasteiger partial charge in [0.2, 0.25) is 0 Å². The van der Waals surface area contributed by atoms with Crippen molar-refractivity contribution in [3.05, 3.63) is 47.7 Å². The fourth-order valence-electron chi connectivity index (χ4n) is 1.51. The molecule has 0 radical (unpaired) electrons. The number of carboxylic acid groups (broad SMARTS) is 1. The highest BCUT2D eigenvalue weighted by Crippen LogP contribution is 2.21. The summed E-state index contributed by atoms with van der Waals surface area (Å²) < 4.78 is 5.53. The van der Waals surface area contributed by atoms with Crippen LogP contribution in [0.5, 0.6) is 0 Å². The molecule has 0 bridgehead atoms. The number of hydrogen-bond acceptors (Lipinski definition) is 4. The third-order valence-electron chi connectivity index (χ3n) is 2.41. The van der Waals surface area contributed by atoms with E-state index in [2.05, 4.69) is 22.7 Å². The standard InChI is InChI=1S/C13H11N3O3S/c14-13(20)16-15-7-10-5-6-11(19-10)8-1-3-9(4-2-8)12(17)18/h1-7H,(H,17,18)(H3,14,16,20)/b15-7-. The highest BCUT2D eigenvalue weighted by Gasteiger charge is 2.06. The number of hydrazone groups is 1. The Morgan fingerprint density at radius 3 is 2.60 bits per heavy atom. The number of nitrogens with two attached hydrogens (primary N) is 1. The van der Waals surface area contributed by atoms with Crippen LogP contribution >= 0.6 is 12.2 Å². The van der Waals surface area contributed by atoms with E-state index < -0.39 is 5.97 Å². The number of carboxylic acids is 1. The summed E-state index contributed by atoms with van der Waals surface area (Å²) in [6.07, 6.45) is 1.44. The minimum absolute atomic E-state index is 0.0669. The van der Waals surface area contributed by atoms with Gasteiger partial charge in [-0.2, -0.15) is 5.10 Å². The number of rotatable bonds is 4. The first-order chi connectivity index (χ1) is 9.56. The SMILES string of the molecule is NC(=S)N/N=C\c1ccc(-c2ccc(C(=O)O)cc2)o1. The second-order valence-electron chi connectivity index (χ2n) is 3.82. The fourth-order valence-corrected chi connectivity index (χ4v) is 1.57. The quantitative estimate of drug-likeness (QED) is 0.451. The number of nitrogens with one attached hydrogen (secondary N) is 1. The van der Waals surface area contributed by atoms with Crippen molar-refractivity contribution < 1.29 is 14.3 Å². The molecule has 0 spiro atoms. The fraction of sp³-hybridized carbons (Fsp3) is 0. The normalized spacial score (nSPS) is 10.6. The summed E-state index contributed by atoms with van der Waals surface area (Å²) in [5.41, 5.74) is 8.64. The van der Waals surface area contributed by atoms with Crippen LogP contribution in [0.3, 0.4) is 0 Å². The molecule has 20 heavy (non-hydrogen) atoms. The van der Waals surface area contributed by atoms with E-state index in [1.807, 2.05) is 0 Å². The second kappa shape index (κ2) is 5.98. The summed E-state index contributed by atoms with van der Waals surface area (Å²) in [4.78, 5) is 10.8. The molecule has 0 saturated heterocycles. The Labute approximate surface area is 119 Å². The second-order valence-corrected chi connectivity index (χ2v) is 4.26. The largest absolute Gasteiger partial charge is 0.478 e. The Morgan fingerprint density at radius 1 is 1.30 bits per heavy atom. The van der Waals surface area contributed by atoms with E-state index in [1.165, 1.54) is 18.3 Å². The molecule has 1 aromatic carbocycles. The maximum absolute atomic E-state index is 10.8. The predicted octanol–water partition coefficient (Wildman–Crippen LogP) is 1.81. The van der Waals surface area contributed by atoms with E-state index >= 15 is 0 Å². The number of thiocarbonyl (C=S) groups is 1. The van der Waals surface area contributed by atoms with E-state index in [4.69, 9.17) is 15.3 Å². The maximum atomic E-state index is 10.8. The molecular formula is C13H11N3O3S. The Morgan fingerprint density at radius 2 is 2.00 bits per heavy atom. The van der Waals surface area contributed by atoms with Crippen LogP contribution in [0, 0.1) is 0 Å². The molecule has 0 aliphatic carbocycles. The zero-order valence-electron chi connectivity index (χ0n) is 10.2. The first-order valence-corrected chi connectivity index (χ1v) is 5.99. The molecule has 0 amide bonds. The van der Waals surface area contributed by atoms with Crippen LogP contribution in [-0.2, 0) is 0 Å². The highest BCUT2D eigenvalue weighted by molar-refractivity contribution is 7.80. The molecule has 6 nitrogen and oxygen atoms in total. The van der Waals surface area contributed by atoms with E-state index in [0.717, 1.165) is 5.56 Å². The highest BCUT2D eigenvalue weighted by atomic mass is 32.1. The van der Waals surface area contributed by atoms with Gasteiger partial charge >= 0.3 is 5.97 Å². The molecule has 102 valence electrons. The number of aromatic carboxylic acids is 1. The van der Waals surface area contributed by atoms with Crippen molar-refractivity contribution in [2.24, 2.45) is 10.8 Å². The molecule has 2 rings (SSSR count). The monoisotopic (exact) mass is 289 g/mol. The lowest BCUT2D eigenvalue weighted by molar-refractivity contribution is 0.0697. The van der Waals surface area contributed by atoms with Gasteiger partial charge in [0, 0.05) is 5.56 Å². The van der Waals surface area contributed by atoms with Crippen LogP contribution in [0.25, 0.3) is 11.3 Å². The van der Waals surface area contributed by atoms with Crippen molar-refractivity contribution in [2.75, 3.05) is 0 Å². The molecular weight excluding hydrogens is 278 g/mol. The third kappa shape index (κ3) is 3.42. The molecule has 0 aliphatic rings. The number of carbonyl (C=O) groups is 1. The zero-order valence-corrected chi connectivity index (χ0v) is 11.1. The van der Waals surface area contributed by atoms with Crippen molar-refractivity contribution >= 4 is 29.5 Å². The van der Waals surface area contributed by atoms with Crippen molar-refractivity contribution in [2.45, 2.75) is 0 Å². The molecule has 1 heterocycles. The Bertz CT molecular complexity index is 662. The molecule has 4 N–H and O–H groups in total. The van der Waals surface area contributed by atoms with Crippen molar-refractivity contribution in [3.8, 4) is 11.3 Å². The van der Waals surface area contributed by atoms with Gasteiger partial charge in [-0.05, 0) is 36.5 Å². The van der Waals surface area contributed by atoms with Crippen LogP contribution in [-0.4, -0.2) is 22.4 Å². The van der Waals surface area contributed by atoms with Gasteiger partial charge in [-0.15, -0.1) is 0 Å². The topological polar surface area (TPSA) is 101 Å². The van der Waals surface area contributed by atoms with Gasteiger partial charge in [0.15, 0.2) is 5.11 Å². The van der Waals surface area contributed by atoms with E-state index in [-0.39, 0.29) is 10.7 Å². The van der Waals surface area contributed by atoms with Crippen molar-refractivity contribution in [1.29, 1.82) is 0 Å². The molecule has 7 heteroatoms. The molecule has 2 aromatic rings. The summed E-state index contributed by atoms with van der Waals surface area (Å²) >= 11 is 4.60. The lowest BCUT2D eigenvalue weighted by Crippen LogP contribution is -2.23. The Balaban J connectivity index is 2.14. The summed E-state index contributed by atoms with van der Waals surface area (Å²) in [7, 11) is 0. The smallest absolute Gasteiger partial charge is 0.335 e. The Kier molecular flexibility index (Phi) is 4.11. The van der Waals surface area contributed by atoms with E-state index in [0.29, 0.717) is 11.5 Å². The molecule has 0 unspecified atom stereocenters. The number of nitrogens with zero attached hydrogens (tertiary/aromatic N) is 1. The van der Waals surface area contributed by atoms with Crippen molar-refractivity contribution in [1.82, 2.24) is 5.43 Å². The van der Waals surface area contributed by atoms with Crippen LogP contribution < -0.4 is 11.2 Å². The Hall–Kier alpha value is -2.67. The lowest BCUT2D eigenvalue weighted by atomic mass is 10.1. The van der Waals surface area contributed by atoms with E-state index in [1.54, 1.807) is 24.3 Å². The lowest BCUT2D eigenvalue weighted by Gasteiger charge is -1.98. The molecule has 0 aliphatic heterocycles. The van der Waals surface area contributed by atoms with Crippen LogP contribution in [0.15, 0.2) is 45.9 Å². The van der Waals surface area contributed by atoms with Gasteiger partial charge in [-0.1, -0.05) is 12.1 Å². The average Bonchev–Trinajstić information content (AvgIpc) is 2.87. The van der Waals surface area contributed by atoms with Gasteiger partial charge in [0.25, 0.3) is 0 Å². The average molecular weight is 289 g/mol. The van der Waals surface area contributed by atoms with E-state index in [9.17, 15) is 4.79 Å². The van der Waals surface area contributed by atoms with Gasteiger partial charge < -0.3 is 15.3 Å². The molecule has 0 saturated carbocycles. The number of furan rings is 1. The number of hydrogen-bond donors (Lipinski definition) is 3. The van der Waals surface area contributed by atoms with Crippen LogP contribution in [0.4, 0.5) is 0 Å². The maximum Gasteiger partial charge on any atom is 0.335 e. The molecule has 1 aromatic heterocycles. The minimum Gasteiger partial charge on any atom is -0.478 e. The van der Waals surface area contributed by atoms with Gasteiger partial charge in [0.05, 0.1) is 11.8 Å². The molecule has 0 fully saturated rings. The first-order valence-electron chi connectivity index (χ1n) is 5.58. The summed E-state index contributed by atoms with van der Waals surface area (Å²) in [6, 6.07) is 9.88. The number of benzene rings is 1. The zero-order chi connectivity index (χ0) is 14.5. The van der Waals surface area contributed by atoms with Gasteiger partial charge in [-0.25, -0.2) is 4.79 Å². The van der Waals surface area contributed by atoms with Crippen molar-refractivity contribution in [3.63, 3.8) is 0 Å². The summed E-state index contributed by atoms with van der Waals surface area (Å²) in [5.74, 6) is 0.164. The molecule has 0 atom stereocenters.